The first-order chi connectivity index (χ1) is 12.9. The van der Waals surface area contributed by atoms with E-state index in [1.54, 1.807) is 12.1 Å². The van der Waals surface area contributed by atoms with Gasteiger partial charge in [0.05, 0.1) is 6.54 Å². The molecule has 0 saturated carbocycles. The highest BCUT2D eigenvalue weighted by atomic mass is 16.3. The molecule has 1 heterocycles. The van der Waals surface area contributed by atoms with Crippen LogP contribution in [0, 0.1) is 0 Å². The standard InChI is InChI=1S/C22H29N3O2/c1-22(2,16-18-8-10-20(26)11-9-18)23-21(27)17-24-12-14-25(15-13-24)19-6-4-3-5-7-19/h3-11,26H,12-17H2,1-2H3,(H,23,27). The van der Waals surface area contributed by atoms with E-state index in [1.807, 2.05) is 32.0 Å². The lowest BCUT2D eigenvalue weighted by atomic mass is 9.95. The lowest BCUT2D eigenvalue weighted by Crippen LogP contribution is -2.53. The van der Waals surface area contributed by atoms with Gasteiger partial charge in [-0.1, -0.05) is 30.3 Å². The average molecular weight is 367 g/mol. The molecule has 27 heavy (non-hydrogen) atoms. The molecule has 2 N–H and O–H groups in total. The van der Waals surface area contributed by atoms with Gasteiger partial charge in [0.25, 0.3) is 0 Å². The Bertz CT molecular complexity index is 736. The number of hydrogen-bond acceptors (Lipinski definition) is 4. The lowest BCUT2D eigenvalue weighted by Gasteiger charge is -2.36. The van der Waals surface area contributed by atoms with E-state index in [2.05, 4.69) is 39.4 Å². The van der Waals surface area contributed by atoms with Gasteiger partial charge in [-0.2, -0.15) is 0 Å². The Hall–Kier alpha value is -2.53. The highest BCUT2D eigenvalue weighted by Crippen LogP contribution is 2.17. The van der Waals surface area contributed by atoms with E-state index >= 15 is 0 Å². The van der Waals surface area contributed by atoms with Crippen LogP contribution in [0.15, 0.2) is 54.6 Å². The Kier molecular flexibility index (Phi) is 6.01. The Morgan fingerprint density at radius 2 is 1.63 bits per heavy atom. The molecule has 1 aliphatic heterocycles. The number of nitrogens with one attached hydrogen (secondary N) is 1. The average Bonchev–Trinajstić information content (AvgIpc) is 2.64. The van der Waals surface area contributed by atoms with Crippen LogP contribution in [0.5, 0.6) is 5.75 Å². The van der Waals surface area contributed by atoms with Gasteiger partial charge in [0.2, 0.25) is 5.91 Å². The van der Waals surface area contributed by atoms with Crippen LogP contribution in [0.2, 0.25) is 0 Å². The molecule has 3 rings (SSSR count). The number of carbonyl (C=O) groups is 1. The van der Waals surface area contributed by atoms with Gasteiger partial charge in [0, 0.05) is 37.4 Å². The first kappa shape index (κ1) is 19.2. The minimum atomic E-state index is -0.333. The molecule has 5 nitrogen and oxygen atoms in total. The van der Waals surface area contributed by atoms with Crippen molar-refractivity contribution >= 4 is 11.6 Å². The Balaban J connectivity index is 1.45. The third-order valence-corrected chi connectivity index (χ3v) is 4.92. The molecule has 5 heteroatoms. The fraction of sp³-hybridized carbons (Fsp3) is 0.409. The number of phenolic OH excluding ortho intramolecular Hbond substituents is 1. The van der Waals surface area contributed by atoms with Gasteiger partial charge in [0.1, 0.15) is 5.75 Å². The fourth-order valence-electron chi connectivity index (χ4n) is 3.59. The molecule has 0 spiro atoms. The molecule has 0 unspecified atom stereocenters. The predicted octanol–water partition coefficient (Wildman–Crippen LogP) is 2.65. The molecule has 0 radical (unpaired) electrons. The van der Waals surface area contributed by atoms with Gasteiger partial charge in [-0.05, 0) is 50.1 Å². The van der Waals surface area contributed by atoms with Crippen molar-refractivity contribution in [1.29, 1.82) is 0 Å². The summed E-state index contributed by atoms with van der Waals surface area (Å²) in [5, 5.41) is 12.5. The Morgan fingerprint density at radius 1 is 1.00 bits per heavy atom. The minimum absolute atomic E-state index is 0.0620. The highest BCUT2D eigenvalue weighted by molar-refractivity contribution is 5.78. The summed E-state index contributed by atoms with van der Waals surface area (Å²) in [6.07, 6.45) is 0.723. The van der Waals surface area contributed by atoms with E-state index in [0.29, 0.717) is 6.54 Å². The van der Waals surface area contributed by atoms with E-state index in [1.165, 1.54) is 5.69 Å². The molecule has 0 aromatic heterocycles. The van der Waals surface area contributed by atoms with Crippen LogP contribution in [-0.4, -0.2) is 54.2 Å². The number of piperazine rings is 1. The Labute approximate surface area is 161 Å². The molecule has 0 aliphatic carbocycles. The summed E-state index contributed by atoms with van der Waals surface area (Å²) in [6.45, 7) is 8.15. The lowest BCUT2D eigenvalue weighted by molar-refractivity contribution is -0.123. The molecule has 1 aliphatic rings. The van der Waals surface area contributed by atoms with Crippen LogP contribution >= 0.6 is 0 Å². The van der Waals surface area contributed by atoms with Crippen molar-refractivity contribution in [2.45, 2.75) is 25.8 Å². The fourth-order valence-corrected chi connectivity index (χ4v) is 3.59. The summed E-state index contributed by atoms with van der Waals surface area (Å²) in [4.78, 5) is 17.1. The van der Waals surface area contributed by atoms with Crippen LogP contribution < -0.4 is 10.2 Å². The molecular weight excluding hydrogens is 338 g/mol. The van der Waals surface area contributed by atoms with Crippen LogP contribution in [-0.2, 0) is 11.2 Å². The second-order valence-corrected chi connectivity index (χ2v) is 7.87. The van der Waals surface area contributed by atoms with Crippen molar-refractivity contribution in [3.63, 3.8) is 0 Å². The van der Waals surface area contributed by atoms with E-state index in [-0.39, 0.29) is 17.2 Å². The van der Waals surface area contributed by atoms with Crippen LogP contribution in [0.25, 0.3) is 0 Å². The molecule has 0 bridgehead atoms. The maximum absolute atomic E-state index is 12.5. The molecule has 2 aromatic carbocycles. The number of hydrogen-bond donors (Lipinski definition) is 2. The van der Waals surface area contributed by atoms with Gasteiger partial charge in [-0.3, -0.25) is 9.69 Å². The maximum Gasteiger partial charge on any atom is 0.234 e. The van der Waals surface area contributed by atoms with Crippen molar-refractivity contribution in [3.05, 3.63) is 60.2 Å². The number of anilines is 1. The number of nitrogens with zero attached hydrogens (tertiary/aromatic N) is 2. The number of phenols is 1. The van der Waals surface area contributed by atoms with Crippen LogP contribution in [0.1, 0.15) is 19.4 Å². The second kappa shape index (κ2) is 8.44. The third-order valence-electron chi connectivity index (χ3n) is 4.92. The molecular formula is C22H29N3O2. The van der Waals surface area contributed by atoms with Gasteiger partial charge in [0.15, 0.2) is 0 Å². The molecule has 144 valence electrons. The van der Waals surface area contributed by atoms with Gasteiger partial charge in [-0.25, -0.2) is 0 Å². The van der Waals surface area contributed by atoms with E-state index < -0.39 is 0 Å². The smallest absolute Gasteiger partial charge is 0.234 e. The normalized spacial score (nSPS) is 15.6. The number of rotatable bonds is 6. The van der Waals surface area contributed by atoms with Crippen LogP contribution in [0.3, 0.4) is 0 Å². The zero-order valence-electron chi connectivity index (χ0n) is 16.2. The van der Waals surface area contributed by atoms with E-state index in [9.17, 15) is 9.90 Å². The summed E-state index contributed by atoms with van der Waals surface area (Å²) in [7, 11) is 0. The summed E-state index contributed by atoms with van der Waals surface area (Å²) < 4.78 is 0. The van der Waals surface area contributed by atoms with Gasteiger partial charge in [-0.15, -0.1) is 0 Å². The molecule has 0 atom stereocenters. The zero-order valence-corrected chi connectivity index (χ0v) is 16.2. The Morgan fingerprint density at radius 3 is 2.26 bits per heavy atom. The number of para-hydroxylation sites is 1. The number of amides is 1. The topological polar surface area (TPSA) is 55.8 Å². The first-order valence-corrected chi connectivity index (χ1v) is 9.53. The monoisotopic (exact) mass is 367 g/mol. The molecule has 1 fully saturated rings. The summed E-state index contributed by atoms with van der Waals surface area (Å²) in [5.74, 6) is 0.321. The summed E-state index contributed by atoms with van der Waals surface area (Å²) in [5.41, 5.74) is 2.01. The van der Waals surface area contributed by atoms with E-state index in [4.69, 9.17) is 0 Å². The van der Waals surface area contributed by atoms with Crippen molar-refractivity contribution in [3.8, 4) is 5.75 Å². The van der Waals surface area contributed by atoms with Crippen molar-refractivity contribution in [1.82, 2.24) is 10.2 Å². The molecule has 1 amide bonds. The maximum atomic E-state index is 12.5. The van der Waals surface area contributed by atoms with Gasteiger partial charge < -0.3 is 15.3 Å². The van der Waals surface area contributed by atoms with E-state index in [0.717, 1.165) is 38.2 Å². The van der Waals surface area contributed by atoms with Crippen LogP contribution in [0.4, 0.5) is 5.69 Å². The SMILES string of the molecule is CC(C)(Cc1ccc(O)cc1)NC(=O)CN1CCN(c2ccccc2)CC1. The highest BCUT2D eigenvalue weighted by Gasteiger charge is 2.24. The number of benzene rings is 2. The summed E-state index contributed by atoms with van der Waals surface area (Å²) in [6, 6.07) is 17.6. The number of carbonyl (C=O) groups excluding carboxylic acids is 1. The quantitative estimate of drug-likeness (QED) is 0.824. The largest absolute Gasteiger partial charge is 0.508 e. The molecule has 2 aromatic rings. The summed E-state index contributed by atoms with van der Waals surface area (Å²) >= 11 is 0. The van der Waals surface area contributed by atoms with Gasteiger partial charge >= 0.3 is 0 Å². The third kappa shape index (κ3) is 5.73. The first-order valence-electron chi connectivity index (χ1n) is 9.53. The zero-order chi connectivity index (χ0) is 19.3. The minimum Gasteiger partial charge on any atom is -0.508 e. The van der Waals surface area contributed by atoms with Crippen molar-refractivity contribution in [2.75, 3.05) is 37.6 Å². The molecule has 1 saturated heterocycles. The second-order valence-electron chi connectivity index (χ2n) is 7.87. The van der Waals surface area contributed by atoms with Crippen molar-refractivity contribution < 1.29 is 9.90 Å². The van der Waals surface area contributed by atoms with Crippen molar-refractivity contribution in [2.24, 2.45) is 0 Å². The predicted molar refractivity (Wildman–Crippen MR) is 109 cm³/mol. The number of aromatic hydroxyl groups is 1.